The second kappa shape index (κ2) is 5.21. The molecule has 6 heteroatoms. The molecule has 3 N–H and O–H groups in total. The highest BCUT2D eigenvalue weighted by Gasteiger charge is 2.12. The first kappa shape index (κ1) is 13.3. The second-order valence-electron chi connectivity index (χ2n) is 3.89. The number of hydrogen-bond acceptors (Lipinski definition) is 4. The number of nitrogens with two attached hydrogens (primary N) is 1. The largest absolute Gasteiger partial charge is 0.410 e. The molecule has 2 rings (SSSR count). The van der Waals surface area contributed by atoms with Gasteiger partial charge in [0.25, 0.3) is 0 Å². The summed E-state index contributed by atoms with van der Waals surface area (Å²) in [5, 5.41) is 17.4. The van der Waals surface area contributed by atoms with E-state index < -0.39 is 10.0 Å². The van der Waals surface area contributed by atoms with E-state index in [9.17, 15) is 8.42 Å². The van der Waals surface area contributed by atoms with Crippen LogP contribution in [0.2, 0.25) is 0 Å². The molecule has 0 spiro atoms. The van der Waals surface area contributed by atoms with Crippen LogP contribution in [0.1, 0.15) is 11.1 Å². The van der Waals surface area contributed by atoms with E-state index in [0.29, 0.717) is 11.1 Å². The van der Waals surface area contributed by atoms with Crippen molar-refractivity contribution in [3.8, 4) is 0 Å². The minimum absolute atomic E-state index is 0.0259. The van der Waals surface area contributed by atoms with E-state index >= 15 is 0 Å². The first-order valence-electron chi connectivity index (χ1n) is 5.43. The summed E-state index contributed by atoms with van der Waals surface area (Å²) < 4.78 is 22.6. The molecule has 5 nitrogen and oxygen atoms in total. The van der Waals surface area contributed by atoms with Gasteiger partial charge in [-0.15, -0.1) is 0 Å². The van der Waals surface area contributed by atoms with Crippen LogP contribution in [-0.4, -0.2) is 19.3 Å². The molecule has 0 fully saturated rings. The summed E-state index contributed by atoms with van der Waals surface area (Å²) >= 11 is 0. The third kappa shape index (κ3) is 2.98. The van der Waals surface area contributed by atoms with Gasteiger partial charge in [-0.05, 0) is 12.1 Å². The topological polar surface area (TPSA) is 92.8 Å². The quantitative estimate of drug-likeness (QED) is 0.506. The monoisotopic (exact) mass is 276 g/mol. The predicted octanol–water partition coefficient (Wildman–Crippen LogP) is 1.56. The third-order valence-electron chi connectivity index (χ3n) is 2.58. The number of hydrogen-bond donors (Lipinski definition) is 2. The van der Waals surface area contributed by atoms with Crippen LogP contribution in [0.4, 0.5) is 0 Å². The predicted molar refractivity (Wildman–Crippen MR) is 71.7 cm³/mol. The van der Waals surface area contributed by atoms with Crippen molar-refractivity contribution in [2.75, 3.05) is 0 Å². The highest BCUT2D eigenvalue weighted by Crippen LogP contribution is 2.15. The first-order valence-corrected chi connectivity index (χ1v) is 6.98. The molecule has 0 amide bonds. The van der Waals surface area contributed by atoms with E-state index in [0.717, 1.165) is 0 Å². The summed E-state index contributed by atoms with van der Waals surface area (Å²) in [6.45, 7) is 0. The fraction of sp³-hybridized carbons (Fsp3) is 0. The highest BCUT2D eigenvalue weighted by molar-refractivity contribution is 7.89. The Labute approximate surface area is 111 Å². The molecule has 0 atom stereocenters. The zero-order valence-corrected chi connectivity index (χ0v) is 10.7. The zero-order valence-electron chi connectivity index (χ0n) is 9.89. The van der Waals surface area contributed by atoms with Gasteiger partial charge in [0, 0.05) is 11.1 Å². The Bertz CT molecular complexity index is 710. The van der Waals surface area contributed by atoms with Crippen molar-refractivity contribution >= 4 is 15.7 Å². The summed E-state index contributed by atoms with van der Waals surface area (Å²) in [7, 11) is -3.79. The lowest BCUT2D eigenvalue weighted by Gasteiger charge is -2.06. The van der Waals surface area contributed by atoms with E-state index in [1.54, 1.807) is 36.4 Å². The van der Waals surface area contributed by atoms with E-state index in [2.05, 4.69) is 5.16 Å². The molecule has 2 aromatic rings. The number of oxime groups is 1. The molecule has 0 radical (unpaired) electrons. The maximum Gasteiger partial charge on any atom is 0.238 e. The minimum Gasteiger partial charge on any atom is -0.410 e. The van der Waals surface area contributed by atoms with Gasteiger partial charge in [-0.25, -0.2) is 13.6 Å². The van der Waals surface area contributed by atoms with Crippen molar-refractivity contribution in [1.29, 1.82) is 0 Å². The van der Waals surface area contributed by atoms with E-state index in [-0.39, 0.29) is 10.6 Å². The summed E-state index contributed by atoms with van der Waals surface area (Å²) in [6, 6.07) is 14.9. The van der Waals surface area contributed by atoms with Gasteiger partial charge in [0.15, 0.2) is 0 Å². The Morgan fingerprint density at radius 1 is 1.00 bits per heavy atom. The Morgan fingerprint density at radius 3 is 2.21 bits per heavy atom. The van der Waals surface area contributed by atoms with E-state index in [4.69, 9.17) is 10.3 Å². The van der Waals surface area contributed by atoms with E-state index in [1.807, 2.05) is 6.07 Å². The minimum atomic E-state index is -3.79. The lowest BCUT2D eigenvalue weighted by molar-refractivity contribution is 0.319. The molecule has 0 unspecified atom stereocenters. The summed E-state index contributed by atoms with van der Waals surface area (Å²) in [5.41, 5.74) is 1.43. The number of rotatable bonds is 3. The average molecular weight is 276 g/mol. The summed E-state index contributed by atoms with van der Waals surface area (Å²) in [6.07, 6.45) is 0. The molecule has 0 saturated heterocycles. The highest BCUT2D eigenvalue weighted by atomic mass is 32.2. The van der Waals surface area contributed by atoms with Crippen LogP contribution in [-0.2, 0) is 10.0 Å². The Balaban J connectivity index is 2.53. The molecule has 2 aromatic carbocycles. The summed E-state index contributed by atoms with van der Waals surface area (Å²) in [4.78, 5) is -0.0259. The Kier molecular flexibility index (Phi) is 3.64. The van der Waals surface area contributed by atoms with Crippen molar-refractivity contribution in [1.82, 2.24) is 0 Å². The van der Waals surface area contributed by atoms with Crippen LogP contribution in [0.5, 0.6) is 0 Å². The van der Waals surface area contributed by atoms with Crippen molar-refractivity contribution < 1.29 is 13.6 Å². The lowest BCUT2D eigenvalue weighted by atomic mass is 10.0. The van der Waals surface area contributed by atoms with Crippen LogP contribution in [0.3, 0.4) is 0 Å². The van der Waals surface area contributed by atoms with Crippen molar-refractivity contribution in [2.45, 2.75) is 4.90 Å². The molecule has 0 saturated carbocycles. The number of nitrogens with zero attached hydrogens (tertiary/aromatic N) is 1. The molecule has 0 aliphatic carbocycles. The fourth-order valence-electron chi connectivity index (χ4n) is 1.70. The average Bonchev–Trinajstić information content (AvgIpc) is 2.40. The molecule has 0 aliphatic heterocycles. The number of benzene rings is 2. The zero-order chi connectivity index (χ0) is 13.9. The molecule has 98 valence electrons. The molecule has 0 aromatic heterocycles. The molecule has 19 heavy (non-hydrogen) atoms. The van der Waals surface area contributed by atoms with Crippen molar-refractivity contribution in [2.24, 2.45) is 10.3 Å². The SMILES string of the molecule is NS(=O)(=O)c1cccc(/C(=N/O)c2ccccc2)c1. The number of sulfonamides is 1. The number of primary sulfonamides is 1. The fourth-order valence-corrected chi connectivity index (χ4v) is 2.26. The van der Waals surface area contributed by atoms with Crippen LogP contribution in [0, 0.1) is 0 Å². The van der Waals surface area contributed by atoms with Crippen LogP contribution in [0.15, 0.2) is 64.6 Å². The normalized spacial score (nSPS) is 12.4. The van der Waals surface area contributed by atoms with Crippen molar-refractivity contribution in [3.63, 3.8) is 0 Å². The summed E-state index contributed by atoms with van der Waals surface area (Å²) in [5.74, 6) is 0. The third-order valence-corrected chi connectivity index (χ3v) is 3.49. The van der Waals surface area contributed by atoms with Gasteiger partial charge in [-0.3, -0.25) is 0 Å². The van der Waals surface area contributed by atoms with E-state index in [1.165, 1.54) is 12.1 Å². The second-order valence-corrected chi connectivity index (χ2v) is 5.45. The maximum absolute atomic E-state index is 11.3. The molecule has 0 bridgehead atoms. The van der Waals surface area contributed by atoms with Gasteiger partial charge in [0.05, 0.1) is 4.90 Å². The Morgan fingerprint density at radius 2 is 1.63 bits per heavy atom. The maximum atomic E-state index is 11.3. The van der Waals surface area contributed by atoms with Gasteiger partial charge in [-0.2, -0.15) is 0 Å². The Hall–Kier alpha value is -2.18. The standard InChI is InChI=1S/C13H12N2O3S/c14-19(17,18)12-8-4-7-11(9-12)13(15-16)10-5-2-1-3-6-10/h1-9,16H,(H2,14,17,18)/b15-13+. The lowest BCUT2D eigenvalue weighted by Crippen LogP contribution is -2.13. The molecular weight excluding hydrogens is 264 g/mol. The smallest absolute Gasteiger partial charge is 0.238 e. The van der Waals surface area contributed by atoms with Crippen LogP contribution in [0.25, 0.3) is 0 Å². The molecule has 0 heterocycles. The van der Waals surface area contributed by atoms with Gasteiger partial charge in [0.2, 0.25) is 10.0 Å². The van der Waals surface area contributed by atoms with Gasteiger partial charge < -0.3 is 5.21 Å². The van der Waals surface area contributed by atoms with Crippen LogP contribution < -0.4 is 5.14 Å². The van der Waals surface area contributed by atoms with Gasteiger partial charge in [-0.1, -0.05) is 47.6 Å². The van der Waals surface area contributed by atoms with Gasteiger partial charge in [0.1, 0.15) is 5.71 Å². The molecular formula is C13H12N2O3S. The van der Waals surface area contributed by atoms with Gasteiger partial charge >= 0.3 is 0 Å². The van der Waals surface area contributed by atoms with Crippen molar-refractivity contribution in [3.05, 3.63) is 65.7 Å². The molecule has 0 aliphatic rings. The first-order chi connectivity index (χ1) is 9.02. The van der Waals surface area contributed by atoms with Crippen LogP contribution >= 0.6 is 0 Å².